The molecule has 8 nitrogen and oxygen atoms in total. The van der Waals surface area contributed by atoms with Crippen molar-refractivity contribution in [3.05, 3.63) is 45.1 Å². The van der Waals surface area contributed by atoms with Crippen LogP contribution < -0.4 is 0 Å². The van der Waals surface area contributed by atoms with Crippen LogP contribution in [0.2, 0.25) is 10.0 Å². The Morgan fingerprint density at radius 2 is 2.00 bits per heavy atom. The van der Waals surface area contributed by atoms with E-state index in [2.05, 4.69) is 4.99 Å². The zero-order valence-electron chi connectivity index (χ0n) is 17.4. The molecular weight excluding hydrogens is 449 g/mol. The lowest BCUT2D eigenvalue weighted by atomic mass is 9.75. The number of rotatable bonds is 9. The van der Waals surface area contributed by atoms with Crippen molar-refractivity contribution in [1.82, 2.24) is 0 Å². The van der Waals surface area contributed by atoms with E-state index in [4.69, 9.17) is 42.5 Å². The summed E-state index contributed by atoms with van der Waals surface area (Å²) in [5.74, 6) is -3.10. The second-order valence-corrected chi connectivity index (χ2v) is 7.59. The van der Waals surface area contributed by atoms with Crippen molar-refractivity contribution in [3.8, 4) is 0 Å². The first kappa shape index (κ1) is 25.3. The summed E-state index contributed by atoms with van der Waals surface area (Å²) in [5, 5.41) is 19.0. The summed E-state index contributed by atoms with van der Waals surface area (Å²) >= 11 is 12.7. The first-order chi connectivity index (χ1) is 14.8. The first-order valence-electron chi connectivity index (χ1n) is 9.60. The molecule has 170 valence electrons. The maximum absolute atomic E-state index is 13.0. The van der Waals surface area contributed by atoms with E-state index in [9.17, 15) is 14.7 Å². The van der Waals surface area contributed by atoms with Gasteiger partial charge in [-0.2, -0.15) is 0 Å². The lowest BCUT2D eigenvalue weighted by Gasteiger charge is -2.32. The molecule has 1 aromatic carbocycles. The monoisotopic (exact) mass is 473 g/mol. The maximum Gasteiger partial charge on any atom is 0.336 e. The highest BCUT2D eigenvalue weighted by atomic mass is 35.5. The number of hydrogen-bond donors (Lipinski definition) is 2. The zero-order chi connectivity index (χ0) is 23.1. The zero-order valence-corrected chi connectivity index (χ0v) is 18.9. The Morgan fingerprint density at radius 1 is 1.29 bits per heavy atom. The number of carbonyl (C=O) groups is 2. The molecule has 1 aromatic rings. The third kappa shape index (κ3) is 5.84. The van der Waals surface area contributed by atoms with Gasteiger partial charge in [-0.25, -0.2) is 4.79 Å². The summed E-state index contributed by atoms with van der Waals surface area (Å²) in [6.45, 7) is 2.58. The van der Waals surface area contributed by atoms with Crippen molar-refractivity contribution in [1.29, 1.82) is 0 Å². The average molecular weight is 474 g/mol. The van der Waals surface area contributed by atoms with Gasteiger partial charge in [-0.3, -0.25) is 9.79 Å². The number of methoxy groups -OCH3 is 1. The largest absolute Gasteiger partial charge is 0.468 e. The number of aliphatic imine (C=N–C) groups is 1. The van der Waals surface area contributed by atoms with Gasteiger partial charge >= 0.3 is 11.9 Å². The molecule has 0 saturated heterocycles. The number of aliphatic hydroxyl groups is 2. The summed E-state index contributed by atoms with van der Waals surface area (Å²) in [5.41, 5.74) is 1.14. The van der Waals surface area contributed by atoms with Crippen LogP contribution in [-0.4, -0.2) is 67.5 Å². The fraction of sp³-hybridized carbons (Fsp3) is 0.476. The summed E-state index contributed by atoms with van der Waals surface area (Å²) in [6, 6.07) is 4.93. The van der Waals surface area contributed by atoms with E-state index < -0.39 is 36.5 Å². The van der Waals surface area contributed by atoms with E-state index in [0.29, 0.717) is 11.3 Å². The van der Waals surface area contributed by atoms with Crippen LogP contribution in [0.3, 0.4) is 0 Å². The fourth-order valence-electron chi connectivity index (χ4n) is 3.37. The minimum absolute atomic E-state index is 0.0884. The van der Waals surface area contributed by atoms with Crippen molar-refractivity contribution >= 4 is 40.9 Å². The van der Waals surface area contributed by atoms with Gasteiger partial charge in [-0.05, 0) is 25.5 Å². The molecule has 0 fully saturated rings. The van der Waals surface area contributed by atoms with Gasteiger partial charge in [0.25, 0.3) is 0 Å². The van der Waals surface area contributed by atoms with Crippen LogP contribution in [0.5, 0.6) is 0 Å². The number of benzene rings is 1. The van der Waals surface area contributed by atoms with Gasteiger partial charge in [0.2, 0.25) is 0 Å². The highest BCUT2D eigenvalue weighted by Crippen LogP contribution is 2.44. The van der Waals surface area contributed by atoms with Gasteiger partial charge in [-0.1, -0.05) is 35.3 Å². The van der Waals surface area contributed by atoms with Crippen LogP contribution >= 0.6 is 23.2 Å². The molecule has 0 amide bonds. The molecule has 0 aliphatic carbocycles. The standard InChI is InChI=1S/C21H25Cl2NO7/c1-4-31-21(28)18-15(10-30-9-12(26)8-25)24-11(2)16(20(27)29-3)17(18)13-6-5-7-14(22)19(13)23/h5-7,12,16-17,25-26H,4,8-10H2,1-3H3. The fourth-order valence-corrected chi connectivity index (χ4v) is 3.79. The molecule has 3 atom stereocenters. The Kier molecular flexibility index (Phi) is 9.46. The van der Waals surface area contributed by atoms with Crippen molar-refractivity contribution in [2.45, 2.75) is 25.9 Å². The average Bonchev–Trinajstić information content (AvgIpc) is 2.74. The van der Waals surface area contributed by atoms with Crippen LogP contribution in [-0.2, 0) is 23.8 Å². The van der Waals surface area contributed by atoms with Crippen LogP contribution in [0.4, 0.5) is 0 Å². The molecule has 1 aliphatic rings. The number of aliphatic hydroxyl groups excluding tert-OH is 2. The van der Waals surface area contributed by atoms with Crippen LogP contribution in [0, 0.1) is 5.92 Å². The lowest BCUT2D eigenvalue weighted by molar-refractivity contribution is -0.144. The molecular formula is C21H25Cl2NO7. The maximum atomic E-state index is 13.0. The van der Waals surface area contributed by atoms with Gasteiger partial charge in [0, 0.05) is 11.6 Å². The van der Waals surface area contributed by atoms with Crippen molar-refractivity contribution in [3.63, 3.8) is 0 Å². The van der Waals surface area contributed by atoms with Crippen LogP contribution in [0.25, 0.3) is 0 Å². The smallest absolute Gasteiger partial charge is 0.336 e. The van der Waals surface area contributed by atoms with Crippen LogP contribution in [0.15, 0.2) is 34.5 Å². The third-order valence-electron chi connectivity index (χ3n) is 4.74. The Balaban J connectivity index is 2.66. The molecule has 1 heterocycles. The number of nitrogens with zero attached hydrogens (tertiary/aromatic N) is 1. The SMILES string of the molecule is CCOC(=O)C1=C(COCC(O)CO)N=C(C)C(C(=O)OC)C1c1cccc(Cl)c1Cl. The van der Waals surface area contributed by atoms with Crippen LogP contribution in [0.1, 0.15) is 25.3 Å². The quantitative estimate of drug-likeness (QED) is 0.529. The summed E-state index contributed by atoms with van der Waals surface area (Å²) in [7, 11) is 1.24. The molecule has 0 spiro atoms. The molecule has 0 aromatic heterocycles. The number of carbonyl (C=O) groups excluding carboxylic acids is 2. The Bertz CT molecular complexity index is 884. The van der Waals surface area contributed by atoms with E-state index in [1.165, 1.54) is 7.11 Å². The highest BCUT2D eigenvalue weighted by molar-refractivity contribution is 6.42. The number of halogens is 2. The molecule has 0 radical (unpaired) electrons. The van der Waals surface area contributed by atoms with Gasteiger partial charge in [-0.15, -0.1) is 0 Å². The summed E-state index contributed by atoms with van der Waals surface area (Å²) in [4.78, 5) is 30.1. The van der Waals surface area contributed by atoms with Crippen molar-refractivity contribution in [2.75, 3.05) is 33.5 Å². The Labute approximate surface area is 190 Å². The van der Waals surface area contributed by atoms with E-state index in [-0.39, 0.29) is 41.1 Å². The topological polar surface area (TPSA) is 115 Å². The van der Waals surface area contributed by atoms with Crippen molar-refractivity contribution < 1.29 is 34.0 Å². The second kappa shape index (κ2) is 11.6. The minimum Gasteiger partial charge on any atom is -0.468 e. The Hall–Kier alpha value is -1.97. The number of hydrogen-bond acceptors (Lipinski definition) is 8. The summed E-state index contributed by atoms with van der Waals surface area (Å²) in [6.07, 6.45) is -1.08. The minimum atomic E-state index is -1.08. The second-order valence-electron chi connectivity index (χ2n) is 6.81. The van der Waals surface area contributed by atoms with Gasteiger partial charge in [0.05, 0.1) is 54.9 Å². The summed E-state index contributed by atoms with van der Waals surface area (Å²) < 4.78 is 15.6. The molecule has 2 rings (SSSR count). The number of ether oxygens (including phenoxy) is 3. The first-order valence-corrected chi connectivity index (χ1v) is 10.4. The molecule has 10 heteroatoms. The normalized spacial score (nSPS) is 19.6. The van der Waals surface area contributed by atoms with E-state index in [0.717, 1.165) is 0 Å². The molecule has 1 aliphatic heterocycles. The predicted molar refractivity (Wildman–Crippen MR) is 115 cm³/mol. The highest BCUT2D eigenvalue weighted by Gasteiger charge is 2.44. The molecule has 0 saturated carbocycles. The van der Waals surface area contributed by atoms with Gasteiger partial charge in [0.15, 0.2) is 0 Å². The van der Waals surface area contributed by atoms with Crippen molar-refractivity contribution in [2.24, 2.45) is 10.9 Å². The lowest BCUT2D eigenvalue weighted by Crippen LogP contribution is -2.37. The molecule has 31 heavy (non-hydrogen) atoms. The van der Waals surface area contributed by atoms with Gasteiger partial charge < -0.3 is 24.4 Å². The van der Waals surface area contributed by atoms with Gasteiger partial charge in [0.1, 0.15) is 12.0 Å². The number of esters is 2. The molecule has 3 unspecified atom stereocenters. The molecule has 2 N–H and O–H groups in total. The van der Waals surface area contributed by atoms with E-state index in [1.807, 2.05) is 0 Å². The third-order valence-corrected chi connectivity index (χ3v) is 5.58. The molecule has 0 bridgehead atoms. The Morgan fingerprint density at radius 3 is 2.61 bits per heavy atom. The predicted octanol–water partition coefficient (Wildman–Crippen LogP) is 2.53. The van der Waals surface area contributed by atoms with E-state index >= 15 is 0 Å². The van der Waals surface area contributed by atoms with E-state index in [1.54, 1.807) is 32.0 Å².